The summed E-state index contributed by atoms with van der Waals surface area (Å²) >= 11 is 0. The monoisotopic (exact) mass is 388 g/mol. The van der Waals surface area contributed by atoms with E-state index in [-0.39, 0.29) is 25.7 Å². The molecule has 2 aromatic rings. The van der Waals surface area contributed by atoms with Gasteiger partial charge in [0, 0.05) is 25.2 Å². The van der Waals surface area contributed by atoms with Crippen molar-refractivity contribution < 1.29 is 33.7 Å². The third-order valence-corrected chi connectivity index (χ3v) is 4.08. The Kier molecular flexibility index (Phi) is 8.23. The molecule has 8 heteroatoms. The summed E-state index contributed by atoms with van der Waals surface area (Å²) in [6, 6.07) is 12.6. The minimum Gasteiger partial charge on any atom is -0.549 e. The van der Waals surface area contributed by atoms with E-state index < -0.39 is 11.9 Å². The Morgan fingerprint density at radius 3 is 2.57 bits per heavy atom. The molecular weight excluding hydrogens is 364 g/mol. The molecule has 0 saturated heterocycles. The maximum absolute atomic E-state index is 12.0. The van der Waals surface area contributed by atoms with Gasteiger partial charge in [-0.05, 0) is 11.1 Å². The second-order valence-corrected chi connectivity index (χ2v) is 6.04. The van der Waals surface area contributed by atoms with E-state index in [1.54, 1.807) is 24.3 Å². The Balaban J connectivity index is 1.96. The molecule has 0 saturated carbocycles. The summed E-state index contributed by atoms with van der Waals surface area (Å²) in [5.41, 5.74) is 1.15. The van der Waals surface area contributed by atoms with E-state index in [4.69, 9.17) is 14.3 Å². The van der Waals surface area contributed by atoms with Crippen LogP contribution in [0.25, 0.3) is 0 Å². The fourth-order valence-corrected chi connectivity index (χ4v) is 2.60. The van der Waals surface area contributed by atoms with E-state index in [0.29, 0.717) is 22.6 Å². The summed E-state index contributed by atoms with van der Waals surface area (Å²) in [6.07, 6.45) is 3.74. The van der Waals surface area contributed by atoms with Crippen LogP contribution in [0, 0.1) is 5.21 Å². The Bertz CT molecular complexity index is 794. The van der Waals surface area contributed by atoms with Crippen LogP contribution in [0.5, 0.6) is 0 Å². The molecule has 1 unspecified atom stereocenters. The predicted octanol–water partition coefficient (Wildman–Crippen LogP) is 0.531. The van der Waals surface area contributed by atoms with E-state index in [1.807, 2.05) is 35.2 Å². The average Bonchev–Trinajstić information content (AvgIpc) is 2.71. The zero-order valence-electron chi connectivity index (χ0n) is 15.9. The average molecular weight is 388 g/mol. The third-order valence-electron chi connectivity index (χ3n) is 4.08. The lowest BCUT2D eigenvalue weighted by atomic mass is 9.95. The molecule has 0 fully saturated rings. The highest BCUT2D eigenvalue weighted by molar-refractivity contribution is 5.75. The standard InChI is InChI=1S/C20H24N2O6/c1-16(22(25)28-13-12-21-10-6-3-7-11-21)27-14-17-8-4-5-9-18(17)19(15-26-2)20(23)24/h3-11,19H,12-15H2,1-2H3/b22-16+. The second kappa shape index (κ2) is 10.9. The highest BCUT2D eigenvalue weighted by Gasteiger charge is 2.18. The van der Waals surface area contributed by atoms with E-state index in [9.17, 15) is 15.1 Å². The van der Waals surface area contributed by atoms with Crippen molar-refractivity contribution in [1.29, 1.82) is 0 Å². The Morgan fingerprint density at radius 2 is 1.89 bits per heavy atom. The van der Waals surface area contributed by atoms with Crippen molar-refractivity contribution in [2.24, 2.45) is 0 Å². The van der Waals surface area contributed by atoms with Gasteiger partial charge in [0.15, 0.2) is 18.9 Å². The first-order valence-corrected chi connectivity index (χ1v) is 8.81. The van der Waals surface area contributed by atoms with Crippen molar-refractivity contribution in [3.05, 3.63) is 71.2 Å². The van der Waals surface area contributed by atoms with Crippen LogP contribution in [-0.2, 0) is 32.3 Å². The maximum atomic E-state index is 12.0. The van der Waals surface area contributed by atoms with E-state index in [2.05, 4.69) is 0 Å². The molecule has 150 valence electrons. The van der Waals surface area contributed by atoms with Crippen LogP contribution in [0.4, 0.5) is 0 Å². The number of carbonyl (C=O) groups is 1. The van der Waals surface area contributed by atoms with Crippen LogP contribution in [0.15, 0.2) is 54.9 Å². The summed E-state index contributed by atoms with van der Waals surface area (Å²) in [4.78, 5) is 16.8. The fraction of sp³-hybridized carbons (Fsp3) is 0.350. The number of hydrogen-bond donors (Lipinski definition) is 0. The molecule has 8 nitrogen and oxygen atoms in total. The molecule has 0 aliphatic rings. The molecule has 1 heterocycles. The van der Waals surface area contributed by atoms with Crippen molar-refractivity contribution >= 4 is 11.9 Å². The van der Waals surface area contributed by atoms with Gasteiger partial charge in [0.05, 0.1) is 24.4 Å². The molecule has 2 rings (SSSR count). The third kappa shape index (κ3) is 6.24. The van der Waals surface area contributed by atoms with Crippen LogP contribution in [0.2, 0.25) is 0 Å². The first-order chi connectivity index (χ1) is 13.5. The number of pyridine rings is 1. The Hall–Kier alpha value is -3.13. The highest BCUT2D eigenvalue weighted by atomic mass is 16.9. The lowest BCUT2D eigenvalue weighted by Crippen LogP contribution is -2.35. The molecule has 1 aromatic heterocycles. The van der Waals surface area contributed by atoms with Crippen molar-refractivity contribution in [2.45, 2.75) is 26.0 Å². The summed E-state index contributed by atoms with van der Waals surface area (Å²) < 4.78 is 12.3. The molecule has 1 aromatic carbocycles. The number of methoxy groups -OCH3 is 1. The molecule has 0 aliphatic carbocycles. The fourth-order valence-electron chi connectivity index (χ4n) is 2.60. The molecule has 1 atom stereocenters. The summed E-state index contributed by atoms with van der Waals surface area (Å²) in [7, 11) is 1.42. The second-order valence-electron chi connectivity index (χ2n) is 6.04. The van der Waals surface area contributed by atoms with Gasteiger partial charge in [-0.1, -0.05) is 30.3 Å². The number of aromatic nitrogens is 1. The van der Waals surface area contributed by atoms with Gasteiger partial charge in [0.2, 0.25) is 0 Å². The Labute approximate surface area is 163 Å². The molecule has 0 spiro atoms. The molecule has 0 bridgehead atoms. The van der Waals surface area contributed by atoms with Crippen molar-refractivity contribution in [3.63, 3.8) is 0 Å². The number of hydrogen-bond acceptors (Lipinski definition) is 6. The summed E-state index contributed by atoms with van der Waals surface area (Å²) in [5, 5.41) is 23.4. The molecule has 0 aliphatic heterocycles. The van der Waals surface area contributed by atoms with Crippen molar-refractivity contribution in [1.82, 2.24) is 0 Å². The van der Waals surface area contributed by atoms with Crippen LogP contribution in [0.3, 0.4) is 0 Å². The SMILES string of the molecule is COCC(C(=O)[O-])c1ccccc1CO/C(C)=[N+](\[O-])OCC[n+]1ccccc1. The van der Waals surface area contributed by atoms with Crippen molar-refractivity contribution in [3.8, 4) is 0 Å². The lowest BCUT2D eigenvalue weighted by Gasteiger charge is -2.20. The van der Waals surface area contributed by atoms with E-state index in [1.165, 1.54) is 14.0 Å². The van der Waals surface area contributed by atoms with Gasteiger partial charge in [-0.2, -0.15) is 0 Å². The van der Waals surface area contributed by atoms with Gasteiger partial charge >= 0.3 is 5.90 Å². The Morgan fingerprint density at radius 1 is 1.18 bits per heavy atom. The number of benzene rings is 1. The van der Waals surface area contributed by atoms with Gasteiger partial charge in [-0.3, -0.25) is 5.21 Å². The highest BCUT2D eigenvalue weighted by Crippen LogP contribution is 2.21. The van der Waals surface area contributed by atoms with Crippen LogP contribution < -0.4 is 9.67 Å². The number of carbonyl (C=O) groups excluding carboxylic acids is 1. The first kappa shape index (κ1) is 21.2. The number of aliphatic carboxylic acids is 1. The van der Waals surface area contributed by atoms with Gasteiger partial charge in [0.25, 0.3) is 0 Å². The number of rotatable bonds is 10. The number of carboxylic acids is 1. The molecular formula is C20H24N2O6. The molecule has 0 amide bonds. The zero-order chi connectivity index (χ0) is 20.4. The largest absolute Gasteiger partial charge is 0.549 e. The summed E-state index contributed by atoms with van der Waals surface area (Å²) in [5.74, 6) is -2.14. The van der Waals surface area contributed by atoms with Gasteiger partial charge in [-0.15, -0.1) is 0 Å². The molecule has 0 radical (unpaired) electrons. The van der Waals surface area contributed by atoms with Crippen molar-refractivity contribution in [2.75, 3.05) is 20.3 Å². The predicted molar refractivity (Wildman–Crippen MR) is 97.8 cm³/mol. The first-order valence-electron chi connectivity index (χ1n) is 8.81. The molecule has 0 N–H and O–H groups in total. The zero-order valence-corrected chi connectivity index (χ0v) is 15.9. The van der Waals surface area contributed by atoms with Gasteiger partial charge in [0.1, 0.15) is 13.2 Å². The van der Waals surface area contributed by atoms with Crippen LogP contribution >= 0.6 is 0 Å². The smallest absolute Gasteiger partial charge is 0.398 e. The quantitative estimate of drug-likeness (QED) is 0.194. The van der Waals surface area contributed by atoms with Gasteiger partial charge in [-0.25, -0.2) is 4.57 Å². The maximum Gasteiger partial charge on any atom is 0.398 e. The molecule has 28 heavy (non-hydrogen) atoms. The summed E-state index contributed by atoms with van der Waals surface area (Å²) in [6.45, 7) is 2.17. The number of nitrogens with zero attached hydrogens (tertiary/aromatic N) is 2. The normalized spacial score (nSPS) is 12.8. The number of ether oxygens (including phenoxy) is 2. The van der Waals surface area contributed by atoms with Crippen LogP contribution in [-0.4, -0.2) is 37.1 Å². The number of carboxylic acid groups (broad SMARTS) is 1. The van der Waals surface area contributed by atoms with Gasteiger partial charge < -0.3 is 24.2 Å². The minimum atomic E-state index is -1.23. The lowest BCUT2D eigenvalue weighted by molar-refractivity contribution is -0.772. The topological polar surface area (TPSA) is 97.8 Å². The van der Waals surface area contributed by atoms with E-state index >= 15 is 0 Å². The van der Waals surface area contributed by atoms with Crippen LogP contribution in [0.1, 0.15) is 24.0 Å². The van der Waals surface area contributed by atoms with E-state index in [0.717, 1.165) is 0 Å². The minimum absolute atomic E-state index is 0.0179.